The third-order valence-electron chi connectivity index (χ3n) is 2.17. The van der Waals surface area contributed by atoms with Crippen molar-refractivity contribution in [2.75, 3.05) is 5.43 Å². The minimum atomic E-state index is -4.50. The van der Waals surface area contributed by atoms with Gasteiger partial charge in [-0.1, -0.05) is 0 Å². The number of halogens is 3. The molecule has 0 spiro atoms. The second-order valence-corrected chi connectivity index (χ2v) is 4.03. The maximum Gasteiger partial charge on any atom is 0.416 e. The molecule has 0 aliphatic rings. The van der Waals surface area contributed by atoms with E-state index in [0.717, 1.165) is 18.2 Å². The van der Waals surface area contributed by atoms with Crippen molar-refractivity contribution in [3.63, 3.8) is 0 Å². The molecule has 0 atom stereocenters. The minimum Gasteiger partial charge on any atom is -0.350 e. The SMILES string of the molecule is CC(C)NC(=O)c1cc(C(F)(F)F)ccc1NN. The normalized spacial score (nSPS) is 11.5. The van der Waals surface area contributed by atoms with E-state index >= 15 is 0 Å². The molecule has 1 amide bonds. The lowest BCUT2D eigenvalue weighted by atomic mass is 10.1. The molecule has 0 aliphatic heterocycles. The molecule has 0 radical (unpaired) electrons. The topological polar surface area (TPSA) is 67.2 Å². The third kappa shape index (κ3) is 3.36. The molecule has 0 bridgehead atoms. The first-order chi connectivity index (χ1) is 8.25. The first-order valence-electron chi connectivity index (χ1n) is 5.24. The number of carbonyl (C=O) groups excluding carboxylic acids is 1. The Balaban J connectivity index is 3.18. The van der Waals surface area contributed by atoms with Gasteiger partial charge in [0.1, 0.15) is 0 Å². The Bertz CT molecular complexity index is 444. The van der Waals surface area contributed by atoms with Gasteiger partial charge in [-0.25, -0.2) is 0 Å². The zero-order valence-corrected chi connectivity index (χ0v) is 9.93. The highest BCUT2D eigenvalue weighted by molar-refractivity contribution is 5.99. The quantitative estimate of drug-likeness (QED) is 0.576. The first-order valence-corrected chi connectivity index (χ1v) is 5.24. The van der Waals surface area contributed by atoms with E-state index in [1.807, 2.05) is 0 Å². The molecule has 4 nitrogen and oxygen atoms in total. The van der Waals surface area contributed by atoms with Crippen LogP contribution in [0.4, 0.5) is 18.9 Å². The Kier molecular flexibility index (Phi) is 4.18. The van der Waals surface area contributed by atoms with E-state index in [1.54, 1.807) is 13.8 Å². The highest BCUT2D eigenvalue weighted by Gasteiger charge is 2.31. The number of anilines is 1. The number of amides is 1. The second-order valence-electron chi connectivity index (χ2n) is 4.03. The lowest BCUT2D eigenvalue weighted by molar-refractivity contribution is -0.137. The van der Waals surface area contributed by atoms with Crippen molar-refractivity contribution >= 4 is 11.6 Å². The Morgan fingerprint density at radius 2 is 1.94 bits per heavy atom. The summed E-state index contributed by atoms with van der Waals surface area (Å²) in [6.45, 7) is 3.42. The van der Waals surface area contributed by atoms with Gasteiger partial charge in [-0.2, -0.15) is 13.2 Å². The number of nitrogen functional groups attached to an aromatic ring is 1. The molecule has 0 aliphatic carbocycles. The van der Waals surface area contributed by atoms with Gasteiger partial charge in [0, 0.05) is 6.04 Å². The molecule has 1 aromatic rings. The maximum atomic E-state index is 12.5. The number of alkyl halides is 3. The number of hydrogen-bond acceptors (Lipinski definition) is 3. The van der Waals surface area contributed by atoms with Crippen molar-refractivity contribution in [1.82, 2.24) is 5.32 Å². The largest absolute Gasteiger partial charge is 0.416 e. The zero-order chi connectivity index (χ0) is 13.9. The lowest BCUT2D eigenvalue weighted by Gasteiger charge is -2.14. The van der Waals surface area contributed by atoms with Gasteiger partial charge in [-0.3, -0.25) is 10.6 Å². The third-order valence-corrected chi connectivity index (χ3v) is 2.17. The van der Waals surface area contributed by atoms with Crippen LogP contribution in [0.2, 0.25) is 0 Å². The molecule has 0 saturated heterocycles. The highest BCUT2D eigenvalue weighted by atomic mass is 19.4. The van der Waals surface area contributed by atoms with Crippen LogP contribution in [0.25, 0.3) is 0 Å². The predicted molar refractivity (Wildman–Crippen MR) is 61.9 cm³/mol. The summed E-state index contributed by atoms with van der Waals surface area (Å²) in [6, 6.07) is 2.57. The number of nitrogens with two attached hydrogens (primary N) is 1. The molecule has 100 valence electrons. The summed E-state index contributed by atoms with van der Waals surface area (Å²) in [6.07, 6.45) is -4.50. The van der Waals surface area contributed by atoms with Crippen LogP contribution in [0, 0.1) is 0 Å². The van der Waals surface area contributed by atoms with Crippen LogP contribution in [-0.2, 0) is 6.18 Å². The number of carbonyl (C=O) groups is 1. The number of benzene rings is 1. The Morgan fingerprint density at radius 1 is 1.33 bits per heavy atom. The molecular weight excluding hydrogens is 247 g/mol. The number of rotatable bonds is 3. The summed E-state index contributed by atoms with van der Waals surface area (Å²) >= 11 is 0. The summed E-state index contributed by atoms with van der Waals surface area (Å²) in [7, 11) is 0. The van der Waals surface area contributed by atoms with Crippen LogP contribution in [0.3, 0.4) is 0 Å². The smallest absolute Gasteiger partial charge is 0.350 e. The van der Waals surface area contributed by atoms with Crippen LogP contribution in [0.5, 0.6) is 0 Å². The number of hydrazine groups is 1. The Labute approximate surface area is 102 Å². The van der Waals surface area contributed by atoms with Gasteiger partial charge in [0.2, 0.25) is 0 Å². The summed E-state index contributed by atoms with van der Waals surface area (Å²) in [5, 5.41) is 2.51. The van der Waals surface area contributed by atoms with E-state index in [4.69, 9.17) is 5.84 Å². The van der Waals surface area contributed by atoms with E-state index in [2.05, 4.69) is 10.7 Å². The highest BCUT2D eigenvalue weighted by Crippen LogP contribution is 2.31. The van der Waals surface area contributed by atoms with Gasteiger partial charge < -0.3 is 10.7 Å². The van der Waals surface area contributed by atoms with Crippen molar-refractivity contribution < 1.29 is 18.0 Å². The van der Waals surface area contributed by atoms with Gasteiger partial charge in [-0.05, 0) is 32.0 Å². The fraction of sp³-hybridized carbons (Fsp3) is 0.364. The second kappa shape index (κ2) is 5.26. The van der Waals surface area contributed by atoms with Gasteiger partial charge in [0.15, 0.2) is 0 Å². The fourth-order valence-electron chi connectivity index (χ4n) is 1.37. The van der Waals surface area contributed by atoms with Gasteiger partial charge >= 0.3 is 6.18 Å². The maximum absolute atomic E-state index is 12.5. The van der Waals surface area contributed by atoms with Crippen LogP contribution in [-0.4, -0.2) is 11.9 Å². The van der Waals surface area contributed by atoms with Crippen LogP contribution < -0.4 is 16.6 Å². The van der Waals surface area contributed by atoms with Gasteiger partial charge in [-0.15, -0.1) is 0 Å². The summed E-state index contributed by atoms with van der Waals surface area (Å²) in [5.74, 6) is 4.56. The number of hydrogen-bond donors (Lipinski definition) is 3. The molecule has 1 aromatic carbocycles. The average Bonchev–Trinajstić information content (AvgIpc) is 2.26. The minimum absolute atomic E-state index is 0.138. The van der Waals surface area contributed by atoms with Crippen molar-refractivity contribution in [3.8, 4) is 0 Å². The summed E-state index contributed by atoms with van der Waals surface area (Å²) < 4.78 is 37.6. The molecule has 4 N–H and O–H groups in total. The molecule has 0 aromatic heterocycles. The lowest BCUT2D eigenvalue weighted by Crippen LogP contribution is -2.31. The molecule has 7 heteroatoms. The molecule has 0 heterocycles. The standard InChI is InChI=1S/C11H14F3N3O/c1-6(2)16-10(18)8-5-7(11(12,13)14)3-4-9(8)17-15/h3-6,17H,15H2,1-2H3,(H,16,18). The monoisotopic (exact) mass is 261 g/mol. The Morgan fingerprint density at radius 3 is 2.39 bits per heavy atom. The molecular formula is C11H14F3N3O. The molecule has 0 saturated carbocycles. The zero-order valence-electron chi connectivity index (χ0n) is 9.93. The van der Waals surface area contributed by atoms with E-state index < -0.39 is 17.6 Å². The van der Waals surface area contributed by atoms with Gasteiger partial charge in [0.25, 0.3) is 5.91 Å². The predicted octanol–water partition coefficient (Wildman–Crippen LogP) is 2.13. The number of nitrogens with one attached hydrogen (secondary N) is 2. The molecule has 1 rings (SSSR count). The van der Waals surface area contributed by atoms with Crippen molar-refractivity contribution in [2.24, 2.45) is 5.84 Å². The average molecular weight is 261 g/mol. The molecule has 18 heavy (non-hydrogen) atoms. The summed E-state index contributed by atoms with van der Waals surface area (Å²) in [4.78, 5) is 11.7. The van der Waals surface area contributed by atoms with E-state index in [9.17, 15) is 18.0 Å². The van der Waals surface area contributed by atoms with Crippen molar-refractivity contribution in [1.29, 1.82) is 0 Å². The molecule has 0 fully saturated rings. The van der Waals surface area contributed by atoms with E-state index in [0.29, 0.717) is 0 Å². The van der Waals surface area contributed by atoms with E-state index in [1.165, 1.54) is 0 Å². The van der Waals surface area contributed by atoms with Crippen molar-refractivity contribution in [3.05, 3.63) is 29.3 Å². The van der Waals surface area contributed by atoms with E-state index in [-0.39, 0.29) is 17.3 Å². The fourth-order valence-corrected chi connectivity index (χ4v) is 1.37. The van der Waals surface area contributed by atoms with Crippen molar-refractivity contribution in [2.45, 2.75) is 26.1 Å². The summed E-state index contributed by atoms with van der Waals surface area (Å²) in [5.41, 5.74) is 1.31. The van der Waals surface area contributed by atoms with Crippen LogP contribution in [0.15, 0.2) is 18.2 Å². The van der Waals surface area contributed by atoms with Crippen LogP contribution in [0.1, 0.15) is 29.8 Å². The first kappa shape index (κ1) is 14.3. The Hall–Kier alpha value is -1.76. The van der Waals surface area contributed by atoms with Crippen LogP contribution >= 0.6 is 0 Å². The molecule has 0 unspecified atom stereocenters. The van der Waals surface area contributed by atoms with Gasteiger partial charge in [0.05, 0.1) is 16.8 Å².